The van der Waals surface area contributed by atoms with E-state index in [9.17, 15) is 14.7 Å². The van der Waals surface area contributed by atoms with E-state index in [0.717, 1.165) is 16.7 Å². The van der Waals surface area contributed by atoms with Gasteiger partial charge in [0.25, 0.3) is 0 Å². The van der Waals surface area contributed by atoms with Gasteiger partial charge in [0.1, 0.15) is 0 Å². The number of carbonyl (C=O) groups is 2. The van der Waals surface area contributed by atoms with E-state index >= 15 is 0 Å². The fourth-order valence-electron chi connectivity index (χ4n) is 1.82. The lowest BCUT2D eigenvalue weighted by atomic mass is 10.1. The molecular formula is C16H18N2O3S. The molecule has 5 nitrogen and oxygen atoms in total. The van der Waals surface area contributed by atoms with Crippen molar-refractivity contribution in [1.29, 1.82) is 0 Å². The van der Waals surface area contributed by atoms with Crippen LogP contribution in [0, 0.1) is 6.92 Å². The summed E-state index contributed by atoms with van der Waals surface area (Å²) in [5.74, 6) is -1.46. The number of aliphatic hydroxyl groups is 1. The Labute approximate surface area is 133 Å². The normalized spacial score (nSPS) is 11.7. The van der Waals surface area contributed by atoms with Crippen molar-refractivity contribution in [2.24, 2.45) is 0 Å². The third kappa shape index (κ3) is 4.68. The van der Waals surface area contributed by atoms with E-state index in [1.807, 2.05) is 36.6 Å². The third-order valence-corrected chi connectivity index (χ3v) is 3.87. The molecule has 0 aliphatic carbocycles. The maximum atomic E-state index is 11.7. The van der Waals surface area contributed by atoms with Crippen molar-refractivity contribution in [3.8, 4) is 0 Å². The van der Waals surface area contributed by atoms with E-state index < -0.39 is 17.9 Å². The smallest absolute Gasteiger partial charge is 0.309 e. The minimum Gasteiger partial charge on any atom is -0.387 e. The SMILES string of the molecule is Cc1ccc(CNC(=O)C(=O)NCC(O)c2ccsc2)cc1. The molecule has 6 heteroatoms. The number of carbonyl (C=O) groups excluding carboxylic acids is 2. The lowest BCUT2D eigenvalue weighted by Crippen LogP contribution is -2.41. The van der Waals surface area contributed by atoms with Gasteiger partial charge < -0.3 is 15.7 Å². The molecule has 0 fully saturated rings. The number of benzene rings is 1. The van der Waals surface area contributed by atoms with E-state index in [0.29, 0.717) is 6.54 Å². The lowest BCUT2D eigenvalue weighted by molar-refractivity contribution is -0.139. The Balaban J connectivity index is 1.75. The number of hydrogen-bond acceptors (Lipinski definition) is 4. The zero-order valence-corrected chi connectivity index (χ0v) is 13.0. The van der Waals surface area contributed by atoms with Crippen LogP contribution < -0.4 is 10.6 Å². The molecule has 2 aromatic rings. The lowest BCUT2D eigenvalue weighted by Gasteiger charge is -2.10. The van der Waals surface area contributed by atoms with Gasteiger partial charge in [-0.1, -0.05) is 29.8 Å². The minimum atomic E-state index is -0.805. The Hall–Kier alpha value is -2.18. The highest BCUT2D eigenvalue weighted by Gasteiger charge is 2.15. The predicted molar refractivity (Wildman–Crippen MR) is 85.3 cm³/mol. The van der Waals surface area contributed by atoms with Crippen LogP contribution in [0.15, 0.2) is 41.1 Å². The van der Waals surface area contributed by atoms with Gasteiger partial charge in [0.2, 0.25) is 0 Å². The van der Waals surface area contributed by atoms with Crippen LogP contribution >= 0.6 is 11.3 Å². The van der Waals surface area contributed by atoms with Crippen LogP contribution in [0.2, 0.25) is 0 Å². The summed E-state index contributed by atoms with van der Waals surface area (Å²) in [6, 6.07) is 9.46. The number of thiophene rings is 1. The van der Waals surface area contributed by atoms with E-state index in [-0.39, 0.29) is 6.54 Å². The van der Waals surface area contributed by atoms with Crippen molar-refractivity contribution in [1.82, 2.24) is 10.6 Å². The average molecular weight is 318 g/mol. The van der Waals surface area contributed by atoms with Gasteiger partial charge in [-0.05, 0) is 34.9 Å². The molecule has 0 aliphatic rings. The first-order valence-corrected chi connectivity index (χ1v) is 7.82. The molecule has 1 heterocycles. The second-order valence-electron chi connectivity index (χ2n) is 4.95. The van der Waals surface area contributed by atoms with Gasteiger partial charge in [-0.25, -0.2) is 0 Å². The van der Waals surface area contributed by atoms with E-state index in [4.69, 9.17) is 0 Å². The number of aliphatic hydroxyl groups excluding tert-OH is 1. The van der Waals surface area contributed by atoms with E-state index in [1.165, 1.54) is 11.3 Å². The monoisotopic (exact) mass is 318 g/mol. The molecule has 1 unspecified atom stereocenters. The zero-order valence-electron chi connectivity index (χ0n) is 12.2. The van der Waals surface area contributed by atoms with Crippen LogP contribution in [0.25, 0.3) is 0 Å². The zero-order chi connectivity index (χ0) is 15.9. The standard InChI is InChI=1S/C16H18N2O3S/c1-11-2-4-12(5-3-11)8-17-15(20)16(21)18-9-14(19)13-6-7-22-10-13/h2-7,10,14,19H,8-9H2,1H3,(H,17,20)(H,18,21). The molecule has 0 aliphatic heterocycles. The first-order chi connectivity index (χ1) is 10.6. The highest BCUT2D eigenvalue weighted by Crippen LogP contribution is 2.14. The van der Waals surface area contributed by atoms with E-state index in [2.05, 4.69) is 10.6 Å². The molecule has 2 amide bonds. The topological polar surface area (TPSA) is 78.4 Å². The summed E-state index contributed by atoms with van der Waals surface area (Å²) in [6.45, 7) is 2.28. The summed E-state index contributed by atoms with van der Waals surface area (Å²) >= 11 is 1.46. The van der Waals surface area contributed by atoms with Gasteiger partial charge in [-0.3, -0.25) is 9.59 Å². The van der Waals surface area contributed by atoms with Crippen LogP contribution in [-0.2, 0) is 16.1 Å². The van der Waals surface area contributed by atoms with Crippen molar-refractivity contribution in [3.05, 3.63) is 57.8 Å². The first-order valence-electron chi connectivity index (χ1n) is 6.88. The number of amides is 2. The fourth-order valence-corrected chi connectivity index (χ4v) is 2.53. The van der Waals surface area contributed by atoms with E-state index in [1.54, 1.807) is 11.4 Å². The van der Waals surface area contributed by atoms with Crippen molar-refractivity contribution >= 4 is 23.2 Å². The molecule has 116 valence electrons. The fraction of sp³-hybridized carbons (Fsp3) is 0.250. The highest BCUT2D eigenvalue weighted by molar-refractivity contribution is 7.07. The molecule has 1 aromatic carbocycles. The minimum absolute atomic E-state index is 0.00746. The van der Waals surface area contributed by atoms with Crippen LogP contribution in [-0.4, -0.2) is 23.5 Å². The number of nitrogens with one attached hydrogen (secondary N) is 2. The largest absolute Gasteiger partial charge is 0.387 e. The molecule has 0 saturated carbocycles. The van der Waals surface area contributed by atoms with Crippen LogP contribution in [0.1, 0.15) is 22.8 Å². The van der Waals surface area contributed by atoms with Gasteiger partial charge in [-0.2, -0.15) is 11.3 Å². The maximum Gasteiger partial charge on any atom is 0.309 e. The van der Waals surface area contributed by atoms with Crippen molar-refractivity contribution < 1.29 is 14.7 Å². The molecule has 1 aromatic heterocycles. The van der Waals surface area contributed by atoms with Crippen LogP contribution in [0.3, 0.4) is 0 Å². The summed E-state index contributed by atoms with van der Waals surface area (Å²) < 4.78 is 0. The van der Waals surface area contributed by atoms with Crippen molar-refractivity contribution in [2.45, 2.75) is 19.6 Å². The van der Waals surface area contributed by atoms with Crippen LogP contribution in [0.5, 0.6) is 0 Å². The number of rotatable bonds is 5. The first kappa shape index (κ1) is 16.2. The maximum absolute atomic E-state index is 11.7. The summed E-state index contributed by atoms with van der Waals surface area (Å²) in [5.41, 5.74) is 2.78. The Morgan fingerprint density at radius 2 is 1.82 bits per heavy atom. The van der Waals surface area contributed by atoms with Crippen LogP contribution in [0.4, 0.5) is 0 Å². The molecule has 0 bridgehead atoms. The van der Waals surface area contributed by atoms with Gasteiger partial charge in [0.15, 0.2) is 0 Å². The molecule has 0 saturated heterocycles. The van der Waals surface area contributed by atoms with Gasteiger partial charge >= 0.3 is 11.8 Å². The Kier molecular flexibility index (Phi) is 5.68. The number of aryl methyl sites for hydroxylation is 1. The molecule has 1 atom stereocenters. The highest BCUT2D eigenvalue weighted by atomic mass is 32.1. The Morgan fingerprint density at radius 1 is 1.14 bits per heavy atom. The van der Waals surface area contributed by atoms with Gasteiger partial charge in [-0.15, -0.1) is 0 Å². The van der Waals surface area contributed by atoms with Crippen molar-refractivity contribution in [3.63, 3.8) is 0 Å². The second-order valence-corrected chi connectivity index (χ2v) is 5.73. The molecule has 0 radical (unpaired) electrons. The summed E-state index contributed by atoms with van der Waals surface area (Å²) in [6.07, 6.45) is -0.805. The molecule has 0 spiro atoms. The quantitative estimate of drug-likeness (QED) is 0.732. The molecule has 3 N–H and O–H groups in total. The van der Waals surface area contributed by atoms with Gasteiger partial charge in [0.05, 0.1) is 6.10 Å². The molecular weight excluding hydrogens is 300 g/mol. The molecule has 2 rings (SSSR count). The Bertz CT molecular complexity index is 623. The molecule has 22 heavy (non-hydrogen) atoms. The average Bonchev–Trinajstić information content (AvgIpc) is 3.06. The van der Waals surface area contributed by atoms with Gasteiger partial charge in [0, 0.05) is 13.1 Å². The third-order valence-electron chi connectivity index (χ3n) is 3.16. The van der Waals surface area contributed by atoms with Crippen molar-refractivity contribution in [2.75, 3.05) is 6.54 Å². The predicted octanol–water partition coefficient (Wildman–Crippen LogP) is 1.52. The second kappa shape index (κ2) is 7.72. The summed E-state index contributed by atoms with van der Waals surface area (Å²) in [4.78, 5) is 23.3. The number of hydrogen-bond donors (Lipinski definition) is 3. The summed E-state index contributed by atoms with van der Waals surface area (Å²) in [7, 11) is 0. The summed E-state index contributed by atoms with van der Waals surface area (Å²) in [5, 5.41) is 18.4. The Morgan fingerprint density at radius 3 is 2.45 bits per heavy atom.